The highest BCUT2D eigenvalue weighted by molar-refractivity contribution is 7.15. The molecule has 1 fully saturated rings. The Morgan fingerprint density at radius 1 is 1.38 bits per heavy atom. The molecule has 7 heteroatoms. The van der Waals surface area contributed by atoms with Crippen LogP contribution in [-0.2, 0) is 0 Å². The molecular weight excluding hydrogens is 346 g/mol. The molecule has 1 aliphatic heterocycles. The van der Waals surface area contributed by atoms with Gasteiger partial charge in [0.2, 0.25) is 0 Å². The van der Waals surface area contributed by atoms with Gasteiger partial charge in [-0.1, -0.05) is 0 Å². The van der Waals surface area contributed by atoms with Gasteiger partial charge in [-0.25, -0.2) is 9.67 Å². The fraction of sp³-hybridized carbons (Fsp3) is 0.421. The molecule has 136 valence electrons. The Labute approximate surface area is 156 Å². The van der Waals surface area contributed by atoms with Gasteiger partial charge < -0.3 is 10.6 Å². The number of pyridine rings is 1. The molecule has 0 aliphatic carbocycles. The zero-order chi connectivity index (χ0) is 18.4. The summed E-state index contributed by atoms with van der Waals surface area (Å²) in [5.74, 6) is 0.0168. The van der Waals surface area contributed by atoms with Gasteiger partial charge in [0.1, 0.15) is 0 Å². The van der Waals surface area contributed by atoms with Crippen LogP contribution in [-0.4, -0.2) is 44.7 Å². The summed E-state index contributed by atoms with van der Waals surface area (Å²) in [5.41, 5.74) is 8.25. The van der Waals surface area contributed by atoms with Crippen molar-refractivity contribution in [1.29, 1.82) is 0 Å². The summed E-state index contributed by atoms with van der Waals surface area (Å²) >= 11 is 1.68. The normalized spacial score (nSPS) is 17.6. The fourth-order valence-electron chi connectivity index (χ4n) is 3.41. The van der Waals surface area contributed by atoms with Gasteiger partial charge in [-0.05, 0) is 45.4 Å². The van der Waals surface area contributed by atoms with Crippen molar-refractivity contribution < 1.29 is 4.79 Å². The second-order valence-corrected chi connectivity index (χ2v) is 8.47. The third kappa shape index (κ3) is 2.91. The first-order valence-corrected chi connectivity index (χ1v) is 9.75. The van der Waals surface area contributed by atoms with E-state index in [0.29, 0.717) is 18.7 Å². The number of carbonyl (C=O) groups is 1. The predicted molar refractivity (Wildman–Crippen MR) is 104 cm³/mol. The number of rotatable bonds is 3. The van der Waals surface area contributed by atoms with Crippen molar-refractivity contribution in [2.75, 3.05) is 13.1 Å². The van der Waals surface area contributed by atoms with Crippen molar-refractivity contribution in [3.8, 4) is 10.6 Å². The number of hydrogen-bond donors (Lipinski definition) is 1. The number of aromatic nitrogens is 3. The minimum absolute atomic E-state index is 0.0168. The lowest BCUT2D eigenvalue weighted by Gasteiger charge is -2.17. The van der Waals surface area contributed by atoms with E-state index in [9.17, 15) is 4.79 Å². The van der Waals surface area contributed by atoms with E-state index in [1.807, 2.05) is 15.6 Å². The van der Waals surface area contributed by atoms with E-state index < -0.39 is 0 Å². The lowest BCUT2D eigenvalue weighted by molar-refractivity contribution is 0.0793. The smallest absolute Gasteiger partial charge is 0.254 e. The van der Waals surface area contributed by atoms with Crippen LogP contribution in [0.15, 0.2) is 24.4 Å². The summed E-state index contributed by atoms with van der Waals surface area (Å²) in [6, 6.07) is 6.28. The summed E-state index contributed by atoms with van der Waals surface area (Å²) in [6.45, 7) is 7.51. The fourth-order valence-corrected chi connectivity index (χ4v) is 4.24. The topological polar surface area (TPSA) is 77.0 Å². The number of likely N-dealkylation sites (tertiary alicyclic amines) is 1. The van der Waals surface area contributed by atoms with E-state index in [1.165, 1.54) is 4.88 Å². The molecule has 0 bridgehead atoms. The van der Waals surface area contributed by atoms with Crippen molar-refractivity contribution in [3.63, 3.8) is 0 Å². The van der Waals surface area contributed by atoms with Crippen molar-refractivity contribution in [3.05, 3.63) is 34.8 Å². The van der Waals surface area contributed by atoms with Crippen LogP contribution in [0, 0.1) is 6.92 Å². The van der Waals surface area contributed by atoms with Gasteiger partial charge in [-0.3, -0.25) is 4.79 Å². The lowest BCUT2D eigenvalue weighted by Crippen LogP contribution is -2.32. The Kier molecular flexibility index (Phi) is 4.28. The number of hydrogen-bond acceptors (Lipinski definition) is 5. The molecule has 3 aromatic rings. The first-order chi connectivity index (χ1) is 12.4. The Morgan fingerprint density at radius 3 is 2.81 bits per heavy atom. The molecule has 0 spiro atoms. The first-order valence-electron chi connectivity index (χ1n) is 8.94. The average Bonchev–Trinajstić information content (AvgIpc) is 3.32. The Morgan fingerprint density at radius 2 is 2.19 bits per heavy atom. The molecule has 0 unspecified atom stereocenters. The Bertz CT molecular complexity index is 974. The molecule has 1 atom stereocenters. The molecule has 0 aromatic carbocycles. The number of fused-ring (bicyclic) bond motifs is 1. The number of nitrogens with zero attached hydrogens (tertiary/aromatic N) is 4. The molecule has 3 aromatic heterocycles. The molecule has 0 saturated carbocycles. The van der Waals surface area contributed by atoms with Gasteiger partial charge in [0, 0.05) is 30.1 Å². The number of thiophene rings is 1. The zero-order valence-corrected chi connectivity index (χ0v) is 16.1. The van der Waals surface area contributed by atoms with Gasteiger partial charge >= 0.3 is 0 Å². The second kappa shape index (κ2) is 6.48. The van der Waals surface area contributed by atoms with Crippen LogP contribution in [0.1, 0.15) is 41.5 Å². The van der Waals surface area contributed by atoms with Crippen LogP contribution in [0.2, 0.25) is 0 Å². The molecule has 26 heavy (non-hydrogen) atoms. The van der Waals surface area contributed by atoms with Crippen molar-refractivity contribution in [1.82, 2.24) is 19.7 Å². The van der Waals surface area contributed by atoms with Gasteiger partial charge in [0.15, 0.2) is 5.65 Å². The van der Waals surface area contributed by atoms with Gasteiger partial charge in [-0.15, -0.1) is 11.3 Å². The van der Waals surface area contributed by atoms with Gasteiger partial charge in [0.05, 0.1) is 27.7 Å². The summed E-state index contributed by atoms with van der Waals surface area (Å²) in [7, 11) is 0. The zero-order valence-electron chi connectivity index (χ0n) is 15.3. The number of nitrogens with two attached hydrogens (primary N) is 1. The molecule has 1 amide bonds. The minimum Gasteiger partial charge on any atom is -0.337 e. The van der Waals surface area contributed by atoms with Crippen molar-refractivity contribution in [2.24, 2.45) is 5.73 Å². The van der Waals surface area contributed by atoms with Crippen LogP contribution in [0.5, 0.6) is 0 Å². The van der Waals surface area contributed by atoms with Crippen LogP contribution in [0.3, 0.4) is 0 Å². The van der Waals surface area contributed by atoms with Gasteiger partial charge in [0.25, 0.3) is 5.91 Å². The highest BCUT2D eigenvalue weighted by Gasteiger charge is 2.27. The quantitative estimate of drug-likeness (QED) is 0.769. The van der Waals surface area contributed by atoms with E-state index in [4.69, 9.17) is 10.7 Å². The van der Waals surface area contributed by atoms with Crippen molar-refractivity contribution in [2.45, 2.75) is 39.3 Å². The van der Waals surface area contributed by atoms with E-state index in [-0.39, 0.29) is 18.0 Å². The molecule has 0 radical (unpaired) electrons. The standard InChI is InChI=1S/C19H23N5OS/c1-11(2)24-18-15(9-21-24)14(19(25)23-7-6-13(20)10-23)8-16(22-18)17-5-4-12(3)26-17/h4-5,8-9,11,13H,6-7,10,20H2,1-3H3/t13-/m1/s1. The van der Waals surface area contributed by atoms with Gasteiger partial charge in [-0.2, -0.15) is 5.10 Å². The summed E-state index contributed by atoms with van der Waals surface area (Å²) in [6.07, 6.45) is 2.61. The molecule has 4 rings (SSSR count). The largest absolute Gasteiger partial charge is 0.337 e. The third-order valence-corrected chi connectivity index (χ3v) is 5.81. The first kappa shape index (κ1) is 17.2. The van der Waals surface area contributed by atoms with Crippen LogP contribution >= 0.6 is 11.3 Å². The highest BCUT2D eigenvalue weighted by Crippen LogP contribution is 2.31. The SMILES string of the molecule is Cc1ccc(-c2cc(C(=O)N3CC[C@@H](N)C3)c3cnn(C(C)C)c3n2)s1. The monoisotopic (exact) mass is 369 g/mol. The maximum Gasteiger partial charge on any atom is 0.254 e. The third-order valence-electron chi connectivity index (χ3n) is 4.79. The Hall–Kier alpha value is -2.25. The number of amides is 1. The van der Waals surface area contributed by atoms with Crippen molar-refractivity contribution >= 4 is 28.3 Å². The Balaban J connectivity index is 1.88. The maximum absolute atomic E-state index is 13.2. The van der Waals surface area contributed by atoms with E-state index in [1.54, 1.807) is 17.5 Å². The lowest BCUT2D eigenvalue weighted by atomic mass is 10.1. The van der Waals surface area contributed by atoms with Crippen LogP contribution in [0.25, 0.3) is 21.6 Å². The predicted octanol–water partition coefficient (Wildman–Crippen LogP) is 3.22. The molecule has 6 nitrogen and oxygen atoms in total. The van der Waals surface area contributed by atoms with E-state index in [2.05, 4.69) is 38.0 Å². The number of carbonyl (C=O) groups excluding carboxylic acids is 1. The minimum atomic E-state index is 0.0168. The summed E-state index contributed by atoms with van der Waals surface area (Å²) < 4.78 is 1.88. The second-order valence-electron chi connectivity index (χ2n) is 7.19. The molecule has 1 saturated heterocycles. The van der Waals surface area contributed by atoms with Crippen LogP contribution < -0.4 is 5.73 Å². The van der Waals surface area contributed by atoms with Crippen LogP contribution in [0.4, 0.5) is 0 Å². The molecule has 2 N–H and O–H groups in total. The summed E-state index contributed by atoms with van der Waals surface area (Å²) in [5, 5.41) is 5.29. The summed E-state index contributed by atoms with van der Waals surface area (Å²) in [4.78, 5) is 22.1. The number of aryl methyl sites for hydroxylation is 1. The molecular formula is C19H23N5OS. The molecule has 4 heterocycles. The van der Waals surface area contributed by atoms with E-state index in [0.717, 1.165) is 28.0 Å². The highest BCUT2D eigenvalue weighted by atomic mass is 32.1. The molecule has 1 aliphatic rings. The van der Waals surface area contributed by atoms with E-state index >= 15 is 0 Å². The average molecular weight is 369 g/mol. The maximum atomic E-state index is 13.2.